The van der Waals surface area contributed by atoms with Crippen LogP contribution < -0.4 is 4.72 Å². The second-order valence-corrected chi connectivity index (χ2v) is 6.80. The average molecular weight is 314 g/mol. The normalized spacial score (nSPS) is 14.5. The molecule has 0 aliphatic carbocycles. The minimum atomic E-state index is -4.60. The van der Waals surface area contributed by atoms with Gasteiger partial charge in [0.15, 0.2) is 0 Å². The highest BCUT2D eigenvalue weighted by atomic mass is 35.5. The summed E-state index contributed by atoms with van der Waals surface area (Å²) < 4.78 is 53.6. The van der Waals surface area contributed by atoms with Crippen LogP contribution in [0.25, 0.3) is 0 Å². The first-order chi connectivity index (χ1) is 8.42. The maximum atomic E-state index is 13.0. The number of rotatable bonds is 2. The Hall–Kier alpha value is -0.590. The first-order valence-electron chi connectivity index (χ1n) is 5.49. The second kappa shape index (κ2) is 5.42. The van der Waals surface area contributed by atoms with Crippen molar-refractivity contribution in [2.45, 2.75) is 44.3 Å². The largest absolute Gasteiger partial charge is 0.417 e. The fourth-order valence-corrected chi connectivity index (χ4v) is 3.21. The lowest BCUT2D eigenvalue weighted by Crippen LogP contribution is -2.37. The van der Waals surface area contributed by atoms with E-state index in [0.717, 1.165) is 6.07 Å². The molecular formula is C12H15ClF3NOS. The highest BCUT2D eigenvalue weighted by Crippen LogP contribution is 2.37. The third-order valence-electron chi connectivity index (χ3n) is 2.08. The SMILES string of the molecule is Cc1cc(Cl)c(S(=O)NC(C)(C)C)c(C(F)(F)F)c1. The minimum absolute atomic E-state index is 0.151. The zero-order valence-corrected chi connectivity index (χ0v) is 12.6. The molecule has 0 aliphatic rings. The van der Waals surface area contributed by atoms with E-state index in [-0.39, 0.29) is 5.02 Å². The molecule has 1 unspecified atom stereocenters. The van der Waals surface area contributed by atoms with Crippen molar-refractivity contribution >= 4 is 22.6 Å². The van der Waals surface area contributed by atoms with Gasteiger partial charge in [-0.2, -0.15) is 13.2 Å². The molecule has 108 valence electrons. The smallest absolute Gasteiger partial charge is 0.237 e. The molecule has 0 heterocycles. The molecule has 0 saturated carbocycles. The molecule has 0 radical (unpaired) electrons. The Bertz CT molecular complexity index is 509. The predicted octanol–water partition coefficient (Wildman–Crippen LogP) is 4.08. The summed E-state index contributed by atoms with van der Waals surface area (Å²) in [5.74, 6) is 0. The van der Waals surface area contributed by atoms with Gasteiger partial charge in [-0.3, -0.25) is 0 Å². The Balaban J connectivity index is 3.38. The van der Waals surface area contributed by atoms with Gasteiger partial charge in [-0.15, -0.1) is 0 Å². The highest BCUT2D eigenvalue weighted by molar-refractivity contribution is 7.83. The molecule has 0 amide bonds. The maximum Gasteiger partial charge on any atom is 0.417 e. The third-order valence-corrected chi connectivity index (χ3v) is 4.10. The topological polar surface area (TPSA) is 29.1 Å². The van der Waals surface area contributed by atoms with Crippen LogP contribution in [0.3, 0.4) is 0 Å². The lowest BCUT2D eigenvalue weighted by atomic mass is 10.1. The van der Waals surface area contributed by atoms with Crippen LogP contribution in [0.4, 0.5) is 13.2 Å². The zero-order chi connectivity index (χ0) is 15.0. The molecule has 2 nitrogen and oxygen atoms in total. The number of hydrogen-bond donors (Lipinski definition) is 1. The van der Waals surface area contributed by atoms with Gasteiger partial charge in [0, 0.05) is 5.54 Å². The van der Waals surface area contributed by atoms with E-state index >= 15 is 0 Å². The Morgan fingerprint density at radius 1 is 1.21 bits per heavy atom. The Morgan fingerprint density at radius 2 is 1.74 bits per heavy atom. The second-order valence-electron chi connectivity index (χ2n) is 5.24. The molecule has 0 spiro atoms. The zero-order valence-electron chi connectivity index (χ0n) is 11.0. The number of nitrogens with one attached hydrogen (secondary N) is 1. The molecule has 0 bridgehead atoms. The minimum Gasteiger partial charge on any atom is -0.237 e. The van der Waals surface area contributed by atoms with Gasteiger partial charge in [-0.1, -0.05) is 11.6 Å². The van der Waals surface area contributed by atoms with Gasteiger partial charge in [-0.05, 0) is 45.4 Å². The van der Waals surface area contributed by atoms with Gasteiger partial charge in [-0.25, -0.2) is 8.93 Å². The molecule has 1 aromatic carbocycles. The molecule has 7 heteroatoms. The number of halogens is 4. The monoisotopic (exact) mass is 313 g/mol. The molecule has 0 saturated heterocycles. The standard InChI is InChI=1S/C12H15ClF3NOS/c1-7-5-8(12(14,15)16)10(9(13)6-7)19(18)17-11(2,3)4/h5-6,17H,1-4H3. The molecular weight excluding hydrogens is 299 g/mol. The van der Waals surface area contributed by atoms with Gasteiger partial charge < -0.3 is 0 Å². The summed E-state index contributed by atoms with van der Waals surface area (Å²) in [7, 11) is -2.03. The summed E-state index contributed by atoms with van der Waals surface area (Å²) in [6.07, 6.45) is -4.60. The van der Waals surface area contributed by atoms with Crippen molar-refractivity contribution in [3.8, 4) is 0 Å². The van der Waals surface area contributed by atoms with Crippen molar-refractivity contribution in [1.29, 1.82) is 0 Å². The van der Waals surface area contributed by atoms with Crippen molar-refractivity contribution in [3.05, 3.63) is 28.3 Å². The fraction of sp³-hybridized carbons (Fsp3) is 0.500. The predicted molar refractivity (Wildman–Crippen MR) is 70.5 cm³/mol. The molecule has 19 heavy (non-hydrogen) atoms. The Labute approximate surface area is 117 Å². The van der Waals surface area contributed by atoms with E-state index in [4.69, 9.17) is 11.6 Å². The van der Waals surface area contributed by atoms with E-state index in [1.165, 1.54) is 13.0 Å². The van der Waals surface area contributed by atoms with Crippen molar-refractivity contribution in [2.75, 3.05) is 0 Å². The van der Waals surface area contributed by atoms with Crippen LogP contribution in [0, 0.1) is 6.92 Å². The highest BCUT2D eigenvalue weighted by Gasteiger charge is 2.37. The Morgan fingerprint density at radius 3 is 2.16 bits per heavy atom. The van der Waals surface area contributed by atoms with Crippen molar-refractivity contribution in [1.82, 2.24) is 4.72 Å². The molecule has 1 aromatic rings. The van der Waals surface area contributed by atoms with Gasteiger partial charge in [0.25, 0.3) is 0 Å². The van der Waals surface area contributed by atoms with Gasteiger partial charge in [0.2, 0.25) is 0 Å². The first kappa shape index (κ1) is 16.5. The molecule has 1 atom stereocenters. The third kappa shape index (κ3) is 4.47. The number of aryl methyl sites for hydroxylation is 1. The van der Waals surface area contributed by atoms with E-state index in [1.807, 2.05) is 0 Å². The fourth-order valence-electron chi connectivity index (χ4n) is 1.46. The van der Waals surface area contributed by atoms with Crippen LogP contribution in [-0.2, 0) is 17.2 Å². The van der Waals surface area contributed by atoms with Crippen molar-refractivity contribution in [3.63, 3.8) is 0 Å². The van der Waals surface area contributed by atoms with Crippen molar-refractivity contribution in [2.24, 2.45) is 0 Å². The number of alkyl halides is 3. The van der Waals surface area contributed by atoms with E-state index in [9.17, 15) is 17.4 Å². The van der Waals surface area contributed by atoms with Crippen LogP contribution in [0.1, 0.15) is 31.9 Å². The van der Waals surface area contributed by atoms with Gasteiger partial charge >= 0.3 is 6.18 Å². The lowest BCUT2D eigenvalue weighted by Gasteiger charge is -2.22. The molecule has 0 aliphatic heterocycles. The lowest BCUT2D eigenvalue weighted by molar-refractivity contribution is -0.139. The summed E-state index contributed by atoms with van der Waals surface area (Å²) in [5.41, 5.74) is -1.19. The van der Waals surface area contributed by atoms with E-state index < -0.39 is 33.2 Å². The quantitative estimate of drug-likeness (QED) is 0.876. The Kier molecular flexibility index (Phi) is 4.70. The summed E-state index contributed by atoms with van der Waals surface area (Å²) in [4.78, 5) is -0.422. The first-order valence-corrected chi connectivity index (χ1v) is 7.01. The summed E-state index contributed by atoms with van der Waals surface area (Å²) in [5, 5.41) is -0.151. The van der Waals surface area contributed by atoms with Crippen LogP contribution in [0.15, 0.2) is 17.0 Å². The summed E-state index contributed by atoms with van der Waals surface area (Å²) >= 11 is 5.83. The molecule has 1 rings (SSSR count). The van der Waals surface area contributed by atoms with E-state index in [0.29, 0.717) is 5.56 Å². The van der Waals surface area contributed by atoms with Gasteiger partial charge in [0.1, 0.15) is 11.0 Å². The van der Waals surface area contributed by atoms with Crippen LogP contribution in [-0.4, -0.2) is 9.75 Å². The summed E-state index contributed by atoms with van der Waals surface area (Å²) in [6.45, 7) is 6.63. The van der Waals surface area contributed by atoms with Crippen molar-refractivity contribution < 1.29 is 17.4 Å². The molecule has 0 fully saturated rings. The van der Waals surface area contributed by atoms with Gasteiger partial charge in [0.05, 0.1) is 15.5 Å². The maximum absolute atomic E-state index is 13.0. The van der Waals surface area contributed by atoms with E-state index in [1.54, 1.807) is 20.8 Å². The number of hydrogen-bond acceptors (Lipinski definition) is 1. The van der Waals surface area contributed by atoms with Crippen LogP contribution in [0.5, 0.6) is 0 Å². The van der Waals surface area contributed by atoms with E-state index in [2.05, 4.69) is 4.72 Å². The number of benzene rings is 1. The van der Waals surface area contributed by atoms with Crippen LogP contribution in [0.2, 0.25) is 5.02 Å². The summed E-state index contributed by atoms with van der Waals surface area (Å²) in [6, 6.07) is 2.32. The average Bonchev–Trinajstić information content (AvgIpc) is 2.11. The van der Waals surface area contributed by atoms with Crippen LogP contribution >= 0.6 is 11.6 Å². The molecule has 0 aromatic heterocycles. The molecule has 1 N–H and O–H groups in total.